The number of aliphatic hydroxyl groups excluding tert-OH is 1. The predicted octanol–water partition coefficient (Wildman–Crippen LogP) is 2.19. The molecule has 3 rings (SSSR count). The van der Waals surface area contributed by atoms with Gasteiger partial charge in [0.25, 0.3) is 0 Å². The van der Waals surface area contributed by atoms with Crippen LogP contribution < -0.4 is 10.6 Å². The first-order valence-electron chi connectivity index (χ1n) is 7.63. The van der Waals surface area contributed by atoms with E-state index >= 15 is 0 Å². The molecule has 0 radical (unpaired) electrons. The van der Waals surface area contributed by atoms with Crippen molar-refractivity contribution in [2.75, 3.05) is 18.5 Å². The van der Waals surface area contributed by atoms with Gasteiger partial charge in [0.15, 0.2) is 0 Å². The first kappa shape index (κ1) is 15.6. The number of nitrogens with one attached hydrogen (secondary N) is 2. The molecule has 1 amide bonds. The number of rotatable bonds is 5. The monoisotopic (exact) mass is 314 g/mol. The Morgan fingerprint density at radius 1 is 1.22 bits per heavy atom. The van der Waals surface area contributed by atoms with Crippen molar-refractivity contribution in [3.8, 4) is 0 Å². The number of aryl methyl sites for hydroxylation is 1. The van der Waals surface area contributed by atoms with E-state index in [2.05, 4.69) is 10.6 Å². The highest BCUT2D eigenvalue weighted by molar-refractivity contribution is 5.92. The lowest BCUT2D eigenvalue weighted by atomic mass is 9.92. The molecule has 0 aliphatic heterocycles. The Morgan fingerprint density at radius 2 is 2.04 bits per heavy atom. The van der Waals surface area contributed by atoms with Gasteiger partial charge in [-0.05, 0) is 42.2 Å². The quantitative estimate of drug-likeness (QED) is 0.793. The van der Waals surface area contributed by atoms with Gasteiger partial charge in [-0.3, -0.25) is 10.1 Å². The molecule has 4 nitrogen and oxygen atoms in total. The van der Waals surface area contributed by atoms with Crippen LogP contribution in [0.1, 0.15) is 17.5 Å². The number of halogens is 1. The maximum absolute atomic E-state index is 13.1. The van der Waals surface area contributed by atoms with Gasteiger partial charge in [0.05, 0.1) is 18.7 Å². The fourth-order valence-electron chi connectivity index (χ4n) is 3.11. The molecule has 3 N–H and O–H groups in total. The van der Waals surface area contributed by atoms with Gasteiger partial charge in [0.2, 0.25) is 5.91 Å². The number of benzene rings is 2. The SMILES string of the molecule is O=C(CNC1(CO)CCc2ccccc21)Nc1cccc(F)c1. The Bertz CT molecular complexity index is 720. The van der Waals surface area contributed by atoms with Crippen LogP contribution >= 0.6 is 0 Å². The summed E-state index contributed by atoms with van der Waals surface area (Å²) in [5.41, 5.74) is 2.07. The highest BCUT2D eigenvalue weighted by atomic mass is 19.1. The number of amides is 1. The molecule has 0 bridgehead atoms. The number of carbonyl (C=O) groups is 1. The second-order valence-corrected chi connectivity index (χ2v) is 5.81. The van der Waals surface area contributed by atoms with E-state index in [1.807, 2.05) is 24.3 Å². The van der Waals surface area contributed by atoms with E-state index in [1.165, 1.54) is 17.7 Å². The summed E-state index contributed by atoms with van der Waals surface area (Å²) >= 11 is 0. The van der Waals surface area contributed by atoms with Crippen LogP contribution in [0, 0.1) is 5.82 Å². The number of anilines is 1. The zero-order chi connectivity index (χ0) is 16.3. The average Bonchev–Trinajstić information content (AvgIpc) is 2.93. The van der Waals surface area contributed by atoms with Gasteiger partial charge in [-0.25, -0.2) is 4.39 Å². The summed E-state index contributed by atoms with van der Waals surface area (Å²) in [6.45, 7) is -0.0251. The highest BCUT2D eigenvalue weighted by Crippen LogP contribution is 2.36. The largest absolute Gasteiger partial charge is 0.394 e. The van der Waals surface area contributed by atoms with E-state index in [4.69, 9.17) is 0 Å². The van der Waals surface area contributed by atoms with Crippen LogP contribution in [-0.2, 0) is 16.8 Å². The van der Waals surface area contributed by atoms with E-state index < -0.39 is 11.4 Å². The van der Waals surface area contributed by atoms with Gasteiger partial charge in [0.1, 0.15) is 5.82 Å². The molecule has 0 spiro atoms. The second kappa shape index (κ2) is 6.48. The topological polar surface area (TPSA) is 61.4 Å². The van der Waals surface area contributed by atoms with Crippen molar-refractivity contribution in [2.45, 2.75) is 18.4 Å². The third-order valence-corrected chi connectivity index (χ3v) is 4.32. The number of hydrogen-bond donors (Lipinski definition) is 3. The third kappa shape index (κ3) is 3.25. The van der Waals surface area contributed by atoms with E-state index in [0.29, 0.717) is 5.69 Å². The van der Waals surface area contributed by atoms with Crippen molar-refractivity contribution in [1.82, 2.24) is 5.32 Å². The van der Waals surface area contributed by atoms with Crippen molar-refractivity contribution in [2.24, 2.45) is 0 Å². The molecule has 0 saturated carbocycles. The van der Waals surface area contributed by atoms with Crippen LogP contribution in [0.15, 0.2) is 48.5 Å². The average molecular weight is 314 g/mol. The van der Waals surface area contributed by atoms with Crippen LogP contribution in [0.5, 0.6) is 0 Å². The normalized spacial score (nSPS) is 19.4. The van der Waals surface area contributed by atoms with Crippen LogP contribution in [0.3, 0.4) is 0 Å². The van der Waals surface area contributed by atoms with E-state index in [1.54, 1.807) is 12.1 Å². The molecule has 0 fully saturated rings. The summed E-state index contributed by atoms with van der Waals surface area (Å²) in [4.78, 5) is 12.1. The molecular formula is C18H19FN2O2. The lowest BCUT2D eigenvalue weighted by molar-refractivity contribution is -0.115. The molecule has 23 heavy (non-hydrogen) atoms. The van der Waals surface area contributed by atoms with Crippen LogP contribution in [-0.4, -0.2) is 24.2 Å². The molecule has 1 aliphatic carbocycles. The summed E-state index contributed by atoms with van der Waals surface area (Å²) in [6, 6.07) is 13.7. The first-order chi connectivity index (χ1) is 11.1. The second-order valence-electron chi connectivity index (χ2n) is 5.81. The minimum absolute atomic E-state index is 0.0470. The smallest absolute Gasteiger partial charge is 0.238 e. The van der Waals surface area contributed by atoms with Crippen LogP contribution in [0.4, 0.5) is 10.1 Å². The van der Waals surface area contributed by atoms with Crippen molar-refractivity contribution in [3.05, 3.63) is 65.5 Å². The minimum Gasteiger partial charge on any atom is -0.394 e. The number of hydrogen-bond acceptors (Lipinski definition) is 3. The summed E-state index contributed by atoms with van der Waals surface area (Å²) in [5.74, 6) is -0.667. The van der Waals surface area contributed by atoms with Crippen molar-refractivity contribution < 1.29 is 14.3 Å². The zero-order valence-electron chi connectivity index (χ0n) is 12.7. The van der Waals surface area contributed by atoms with Gasteiger partial charge >= 0.3 is 0 Å². The minimum atomic E-state index is -0.587. The Balaban J connectivity index is 1.66. The number of carbonyl (C=O) groups excluding carboxylic acids is 1. The summed E-state index contributed by atoms with van der Waals surface area (Å²) in [5, 5.41) is 15.7. The highest BCUT2D eigenvalue weighted by Gasteiger charge is 2.37. The zero-order valence-corrected chi connectivity index (χ0v) is 12.7. The fraction of sp³-hybridized carbons (Fsp3) is 0.278. The van der Waals surface area contributed by atoms with E-state index in [9.17, 15) is 14.3 Å². The molecule has 1 aliphatic rings. The van der Waals surface area contributed by atoms with E-state index in [0.717, 1.165) is 18.4 Å². The Hall–Kier alpha value is -2.24. The Kier molecular flexibility index (Phi) is 4.41. The molecule has 120 valence electrons. The van der Waals surface area contributed by atoms with Gasteiger partial charge in [0, 0.05) is 5.69 Å². The number of aliphatic hydroxyl groups is 1. The number of fused-ring (bicyclic) bond motifs is 1. The predicted molar refractivity (Wildman–Crippen MR) is 86.6 cm³/mol. The van der Waals surface area contributed by atoms with Crippen LogP contribution in [0.2, 0.25) is 0 Å². The van der Waals surface area contributed by atoms with E-state index in [-0.39, 0.29) is 19.1 Å². The molecule has 0 aromatic heterocycles. The van der Waals surface area contributed by atoms with Crippen molar-refractivity contribution >= 4 is 11.6 Å². The molecule has 1 unspecified atom stereocenters. The molecular weight excluding hydrogens is 295 g/mol. The first-order valence-corrected chi connectivity index (χ1v) is 7.63. The van der Waals surface area contributed by atoms with Crippen molar-refractivity contribution in [3.63, 3.8) is 0 Å². The fourth-order valence-corrected chi connectivity index (χ4v) is 3.11. The molecule has 5 heteroatoms. The van der Waals surface area contributed by atoms with Gasteiger partial charge in [-0.15, -0.1) is 0 Å². The maximum Gasteiger partial charge on any atom is 0.238 e. The molecule has 2 aromatic carbocycles. The summed E-state index contributed by atoms with van der Waals surface area (Å²) < 4.78 is 13.1. The van der Waals surface area contributed by atoms with Gasteiger partial charge in [-0.2, -0.15) is 0 Å². The van der Waals surface area contributed by atoms with Gasteiger partial charge in [-0.1, -0.05) is 30.3 Å². The summed E-state index contributed by atoms with van der Waals surface area (Å²) in [7, 11) is 0. The maximum atomic E-state index is 13.1. The third-order valence-electron chi connectivity index (χ3n) is 4.32. The molecule has 1 atom stereocenters. The lowest BCUT2D eigenvalue weighted by Gasteiger charge is -2.29. The molecule has 0 heterocycles. The lowest BCUT2D eigenvalue weighted by Crippen LogP contribution is -2.47. The Labute approximate surface area is 134 Å². The van der Waals surface area contributed by atoms with Gasteiger partial charge < -0.3 is 10.4 Å². The summed E-state index contributed by atoms with van der Waals surface area (Å²) in [6.07, 6.45) is 1.62. The Morgan fingerprint density at radius 3 is 2.83 bits per heavy atom. The molecule has 2 aromatic rings. The standard InChI is InChI=1S/C18H19FN2O2/c19-14-5-3-6-15(10-14)21-17(23)11-20-18(12-22)9-8-13-4-1-2-7-16(13)18/h1-7,10,20,22H,8-9,11-12H2,(H,21,23). The van der Waals surface area contributed by atoms with Crippen LogP contribution in [0.25, 0.3) is 0 Å². The van der Waals surface area contributed by atoms with Crippen molar-refractivity contribution in [1.29, 1.82) is 0 Å². The molecule has 0 saturated heterocycles.